The molecule has 1 unspecified atom stereocenters. The smallest absolute Gasteiger partial charge is 0.462 e. The van der Waals surface area contributed by atoms with Gasteiger partial charge in [0.25, 0.3) is 0 Å². The molecule has 56 heavy (non-hydrogen) atoms. The average molecular weight is 809 g/mol. The van der Waals surface area contributed by atoms with Crippen molar-refractivity contribution in [1.82, 2.24) is 0 Å². The Morgan fingerprint density at radius 1 is 0.571 bits per heavy atom. The number of hydrogen-bond donors (Lipinski definition) is 1. The molecule has 9 nitrogen and oxygen atoms in total. The van der Waals surface area contributed by atoms with Crippen LogP contribution in [0, 0.1) is 0 Å². The van der Waals surface area contributed by atoms with Gasteiger partial charge in [-0.05, 0) is 77.0 Å². The Morgan fingerprint density at radius 3 is 1.57 bits per heavy atom. The molecule has 324 valence electrons. The fraction of sp³-hybridized carbons (Fsp3) is 0.739. The lowest BCUT2D eigenvalue weighted by Crippen LogP contribution is -2.37. The highest BCUT2D eigenvalue weighted by molar-refractivity contribution is 7.47. The molecule has 0 aliphatic rings. The van der Waals surface area contributed by atoms with Crippen molar-refractivity contribution in [3.05, 3.63) is 60.8 Å². The summed E-state index contributed by atoms with van der Waals surface area (Å²) < 4.78 is 34.2. The number of phosphoric acid groups is 1. The summed E-state index contributed by atoms with van der Waals surface area (Å²) in [4.78, 5) is 35.3. The van der Waals surface area contributed by atoms with Crippen LogP contribution in [0.5, 0.6) is 0 Å². The number of unbranched alkanes of at least 4 members (excludes halogenated alkanes) is 15. The van der Waals surface area contributed by atoms with E-state index in [0.29, 0.717) is 23.9 Å². The molecule has 0 saturated carbocycles. The molecule has 10 heteroatoms. The first-order valence-corrected chi connectivity index (χ1v) is 23.5. The monoisotopic (exact) mass is 809 g/mol. The minimum Gasteiger partial charge on any atom is -0.462 e. The van der Waals surface area contributed by atoms with Crippen molar-refractivity contribution in [2.24, 2.45) is 0 Å². The number of hydrogen-bond acceptors (Lipinski definition) is 7. The van der Waals surface area contributed by atoms with Crippen LogP contribution in [0.15, 0.2) is 60.8 Å². The number of carbonyl (C=O) groups excluding carboxylic acids is 2. The minimum absolute atomic E-state index is 0.0218. The summed E-state index contributed by atoms with van der Waals surface area (Å²) in [7, 11) is 1.44. The van der Waals surface area contributed by atoms with Crippen LogP contribution in [0.2, 0.25) is 0 Å². The summed E-state index contributed by atoms with van der Waals surface area (Å²) >= 11 is 0. The number of allylic oxidation sites excluding steroid dienone is 10. The van der Waals surface area contributed by atoms with E-state index in [4.69, 9.17) is 18.5 Å². The molecule has 0 aliphatic carbocycles. The molecular formula is C46H83NO8P+. The predicted molar refractivity (Wildman–Crippen MR) is 233 cm³/mol. The van der Waals surface area contributed by atoms with E-state index < -0.39 is 32.5 Å². The molecule has 0 aromatic heterocycles. The molecule has 0 saturated heterocycles. The Kier molecular flexibility index (Phi) is 36.7. The number of ether oxygens (including phenoxy) is 2. The van der Waals surface area contributed by atoms with Crippen molar-refractivity contribution in [1.29, 1.82) is 0 Å². The number of esters is 2. The third-order valence-corrected chi connectivity index (χ3v) is 10.0. The van der Waals surface area contributed by atoms with Gasteiger partial charge < -0.3 is 18.9 Å². The Hall–Kier alpha value is -2.29. The normalized spacial score (nSPS) is 14.2. The Balaban J connectivity index is 4.43. The quantitative estimate of drug-likeness (QED) is 0.0215. The number of rotatable bonds is 39. The second-order valence-corrected chi connectivity index (χ2v) is 17.1. The van der Waals surface area contributed by atoms with E-state index >= 15 is 0 Å². The van der Waals surface area contributed by atoms with E-state index in [9.17, 15) is 19.0 Å². The number of carbonyl (C=O) groups is 2. The van der Waals surface area contributed by atoms with E-state index in [1.807, 2.05) is 21.1 Å². The molecule has 0 bridgehead atoms. The zero-order valence-electron chi connectivity index (χ0n) is 36.3. The second kappa shape index (κ2) is 38.2. The maximum Gasteiger partial charge on any atom is 0.472 e. The standard InChI is InChI=1S/C46H82NO8P/c1-6-8-10-12-14-16-18-20-22-23-25-27-29-31-33-35-37-39-46(49)55-44(43-54-56(50,51)53-41-40-47(3,4)5)42-52-45(48)38-36-34-32-30-28-26-24-21-19-17-15-13-11-9-7-2/h9,11,15,17,20-22,24,28,30,44H,6-8,10,12-14,16,18-19,23,25-27,29,31-43H2,1-5H3/p+1/b11-9+,17-15+,22-20+,24-21+,30-28+/t44-/m1/s1. The second-order valence-electron chi connectivity index (χ2n) is 15.7. The van der Waals surface area contributed by atoms with Gasteiger partial charge in [0.15, 0.2) is 6.10 Å². The summed E-state index contributed by atoms with van der Waals surface area (Å²) in [6, 6.07) is 0. The van der Waals surface area contributed by atoms with Crippen molar-refractivity contribution in [3.8, 4) is 0 Å². The maximum atomic E-state index is 12.7. The van der Waals surface area contributed by atoms with Crippen molar-refractivity contribution in [2.75, 3.05) is 47.5 Å². The van der Waals surface area contributed by atoms with Crippen LogP contribution in [0.25, 0.3) is 0 Å². The molecule has 0 amide bonds. The van der Waals surface area contributed by atoms with Gasteiger partial charge >= 0.3 is 19.8 Å². The van der Waals surface area contributed by atoms with Crippen LogP contribution >= 0.6 is 7.82 Å². The van der Waals surface area contributed by atoms with E-state index in [2.05, 4.69) is 74.6 Å². The van der Waals surface area contributed by atoms with Crippen molar-refractivity contribution in [3.63, 3.8) is 0 Å². The fourth-order valence-electron chi connectivity index (χ4n) is 5.59. The van der Waals surface area contributed by atoms with E-state index in [1.165, 1.54) is 64.2 Å². The zero-order valence-corrected chi connectivity index (χ0v) is 37.2. The van der Waals surface area contributed by atoms with Gasteiger partial charge in [-0.3, -0.25) is 18.6 Å². The topological polar surface area (TPSA) is 108 Å². The molecule has 0 aromatic rings. The largest absolute Gasteiger partial charge is 0.472 e. The van der Waals surface area contributed by atoms with Crippen LogP contribution in [-0.2, 0) is 32.7 Å². The van der Waals surface area contributed by atoms with Gasteiger partial charge in [0.05, 0.1) is 27.7 Å². The number of quaternary nitrogens is 1. The van der Waals surface area contributed by atoms with Crippen molar-refractivity contribution >= 4 is 19.8 Å². The molecule has 0 spiro atoms. The molecule has 0 heterocycles. The van der Waals surface area contributed by atoms with Crippen LogP contribution in [-0.4, -0.2) is 74.9 Å². The highest BCUT2D eigenvalue weighted by Crippen LogP contribution is 2.43. The Bertz CT molecular complexity index is 1140. The Morgan fingerprint density at radius 2 is 1.02 bits per heavy atom. The number of nitrogens with zero attached hydrogens (tertiary/aromatic N) is 1. The van der Waals surface area contributed by atoms with Gasteiger partial charge in [-0.15, -0.1) is 0 Å². The lowest BCUT2D eigenvalue weighted by atomic mass is 10.1. The SMILES string of the molecule is CC/C=C/C/C=C/C/C=C/C/C=C/CCCCC(=O)OC[C@H](COP(=O)(O)OCC[N+](C)(C)C)OC(=O)CCCCCCCCC/C=C/CCCCCCCC. The molecule has 0 radical (unpaired) electrons. The van der Waals surface area contributed by atoms with Gasteiger partial charge in [-0.2, -0.15) is 0 Å². The van der Waals surface area contributed by atoms with E-state index in [-0.39, 0.29) is 26.1 Å². The summed E-state index contributed by atoms with van der Waals surface area (Å²) in [5.74, 6) is -0.856. The molecule has 0 fully saturated rings. The van der Waals surface area contributed by atoms with Crippen LogP contribution in [0.3, 0.4) is 0 Å². The van der Waals surface area contributed by atoms with Gasteiger partial charge in [0.1, 0.15) is 19.8 Å². The van der Waals surface area contributed by atoms with Gasteiger partial charge in [0, 0.05) is 12.8 Å². The predicted octanol–water partition coefficient (Wildman–Crippen LogP) is 12.5. The summed E-state index contributed by atoms with van der Waals surface area (Å²) in [6.45, 7) is 4.24. The lowest BCUT2D eigenvalue weighted by molar-refractivity contribution is -0.870. The molecule has 1 N–H and O–H groups in total. The third kappa shape index (κ3) is 41.3. The minimum atomic E-state index is -4.39. The molecule has 0 aliphatic heterocycles. The van der Waals surface area contributed by atoms with Crippen LogP contribution < -0.4 is 0 Å². The van der Waals surface area contributed by atoms with Crippen LogP contribution in [0.1, 0.15) is 168 Å². The molecule has 2 atom stereocenters. The Labute approximate surface area is 343 Å². The van der Waals surface area contributed by atoms with Gasteiger partial charge in [0.2, 0.25) is 0 Å². The fourth-order valence-corrected chi connectivity index (χ4v) is 6.33. The number of likely N-dealkylation sites (N-methyl/N-ethyl adjacent to an activating group) is 1. The van der Waals surface area contributed by atoms with Crippen molar-refractivity contribution in [2.45, 2.75) is 174 Å². The number of phosphoric ester groups is 1. The molecule has 0 aromatic carbocycles. The third-order valence-electron chi connectivity index (χ3n) is 9.03. The summed E-state index contributed by atoms with van der Waals surface area (Å²) in [5.41, 5.74) is 0. The highest BCUT2D eigenvalue weighted by Gasteiger charge is 2.27. The molecule has 0 rings (SSSR count). The summed E-state index contributed by atoms with van der Waals surface area (Å²) in [5, 5.41) is 0. The average Bonchev–Trinajstić information content (AvgIpc) is 3.15. The maximum absolute atomic E-state index is 12.7. The van der Waals surface area contributed by atoms with E-state index in [1.54, 1.807) is 0 Å². The first-order valence-electron chi connectivity index (χ1n) is 22.0. The van der Waals surface area contributed by atoms with Crippen molar-refractivity contribution < 1.29 is 42.1 Å². The molecular weight excluding hydrogens is 725 g/mol. The van der Waals surface area contributed by atoms with Gasteiger partial charge in [-0.25, -0.2) is 4.57 Å². The first-order chi connectivity index (χ1) is 27.0. The van der Waals surface area contributed by atoms with E-state index in [0.717, 1.165) is 64.2 Å². The van der Waals surface area contributed by atoms with Gasteiger partial charge in [-0.1, -0.05) is 139 Å². The lowest BCUT2D eigenvalue weighted by Gasteiger charge is -2.24. The first kappa shape index (κ1) is 53.7. The zero-order chi connectivity index (χ0) is 41.4. The highest BCUT2D eigenvalue weighted by atomic mass is 31.2. The summed E-state index contributed by atoms with van der Waals surface area (Å²) in [6.07, 6.45) is 45.6. The van der Waals surface area contributed by atoms with Crippen LogP contribution in [0.4, 0.5) is 0 Å².